The highest BCUT2D eigenvalue weighted by molar-refractivity contribution is 5.49. The second-order valence-corrected chi connectivity index (χ2v) is 4.73. The number of nitro groups is 1. The van der Waals surface area contributed by atoms with Gasteiger partial charge in [0.25, 0.3) is 0 Å². The van der Waals surface area contributed by atoms with Gasteiger partial charge in [0.1, 0.15) is 12.4 Å². The number of methoxy groups -OCH3 is 1. The zero-order valence-electron chi connectivity index (χ0n) is 11.3. The topological polar surface area (TPSA) is 113 Å². The number of hydrogen-bond donors (Lipinski definition) is 1. The Balaban J connectivity index is 2.26. The molecule has 2 atom stereocenters. The van der Waals surface area contributed by atoms with Crippen molar-refractivity contribution < 1.29 is 14.4 Å². The van der Waals surface area contributed by atoms with Gasteiger partial charge >= 0.3 is 17.4 Å². The molecule has 0 aromatic carbocycles. The predicted octanol–water partition coefficient (Wildman–Crippen LogP) is 1.29. The van der Waals surface area contributed by atoms with Crippen molar-refractivity contribution in [2.24, 2.45) is 11.7 Å². The molecule has 2 unspecified atom stereocenters. The second-order valence-electron chi connectivity index (χ2n) is 4.73. The van der Waals surface area contributed by atoms with Crippen LogP contribution in [0.5, 0.6) is 11.8 Å². The Morgan fingerprint density at radius 2 is 2.10 bits per heavy atom. The number of nitrogens with zero attached hydrogens (tertiary/aromatic N) is 3. The normalized spacial score (nSPS) is 22.3. The van der Waals surface area contributed by atoms with Crippen LogP contribution in [0.15, 0.2) is 6.33 Å². The maximum atomic E-state index is 11.1. The Kier molecular flexibility index (Phi) is 4.67. The second kappa shape index (κ2) is 6.47. The number of nitrogens with two attached hydrogens (primary N) is 1. The summed E-state index contributed by atoms with van der Waals surface area (Å²) in [4.78, 5) is 18.2. The molecule has 2 rings (SSSR count). The van der Waals surface area contributed by atoms with Crippen LogP contribution in [-0.4, -0.2) is 34.6 Å². The zero-order valence-corrected chi connectivity index (χ0v) is 11.3. The van der Waals surface area contributed by atoms with Crippen molar-refractivity contribution in [1.82, 2.24) is 9.97 Å². The molecule has 8 heteroatoms. The Labute approximate surface area is 116 Å². The zero-order chi connectivity index (χ0) is 14.5. The van der Waals surface area contributed by atoms with Crippen molar-refractivity contribution >= 4 is 5.69 Å². The molecule has 0 bridgehead atoms. The van der Waals surface area contributed by atoms with Gasteiger partial charge < -0.3 is 15.2 Å². The lowest BCUT2D eigenvalue weighted by atomic mass is 9.86. The van der Waals surface area contributed by atoms with Crippen LogP contribution in [0.1, 0.15) is 25.7 Å². The molecule has 1 saturated carbocycles. The van der Waals surface area contributed by atoms with E-state index in [-0.39, 0.29) is 29.5 Å². The number of rotatable bonds is 5. The third-order valence-corrected chi connectivity index (χ3v) is 3.54. The van der Waals surface area contributed by atoms with E-state index in [1.807, 2.05) is 0 Å². The summed E-state index contributed by atoms with van der Waals surface area (Å²) in [6.45, 7) is 0.501. The van der Waals surface area contributed by atoms with Crippen molar-refractivity contribution in [2.75, 3.05) is 13.7 Å². The quantitative estimate of drug-likeness (QED) is 0.639. The van der Waals surface area contributed by atoms with E-state index in [1.54, 1.807) is 0 Å². The Hall–Kier alpha value is -1.96. The average Bonchev–Trinajstić information content (AvgIpc) is 2.47. The number of ether oxygens (including phenoxy) is 2. The highest BCUT2D eigenvalue weighted by Gasteiger charge is 2.31. The van der Waals surface area contributed by atoms with Gasteiger partial charge in [-0.2, -0.15) is 9.97 Å². The summed E-state index contributed by atoms with van der Waals surface area (Å²) in [5.74, 6) is 0.0524. The van der Waals surface area contributed by atoms with Crippen LogP contribution in [0.25, 0.3) is 0 Å². The molecule has 2 N–H and O–H groups in total. The fraction of sp³-hybridized carbons (Fsp3) is 0.667. The Morgan fingerprint density at radius 1 is 1.40 bits per heavy atom. The number of aromatic nitrogens is 2. The molecule has 110 valence electrons. The summed E-state index contributed by atoms with van der Waals surface area (Å²) in [5.41, 5.74) is 5.39. The predicted molar refractivity (Wildman–Crippen MR) is 70.7 cm³/mol. The minimum atomic E-state index is -0.589. The lowest BCUT2D eigenvalue weighted by molar-refractivity contribution is -0.387. The first-order valence-corrected chi connectivity index (χ1v) is 6.57. The van der Waals surface area contributed by atoms with Gasteiger partial charge in [-0.3, -0.25) is 10.1 Å². The highest BCUT2D eigenvalue weighted by atomic mass is 16.6. The van der Waals surface area contributed by atoms with Crippen molar-refractivity contribution in [2.45, 2.75) is 31.8 Å². The maximum absolute atomic E-state index is 11.1. The molecule has 0 saturated heterocycles. The maximum Gasteiger partial charge on any atom is 0.392 e. The highest BCUT2D eigenvalue weighted by Crippen LogP contribution is 2.35. The molecule has 0 aliphatic heterocycles. The van der Waals surface area contributed by atoms with Crippen molar-refractivity contribution in [1.29, 1.82) is 0 Å². The molecule has 1 aromatic heterocycles. The lowest BCUT2D eigenvalue weighted by Gasteiger charge is -2.30. The van der Waals surface area contributed by atoms with E-state index in [9.17, 15) is 10.1 Å². The summed E-state index contributed by atoms with van der Waals surface area (Å²) in [6.07, 6.45) is 4.98. The molecule has 1 aliphatic carbocycles. The first-order valence-electron chi connectivity index (χ1n) is 6.57. The van der Waals surface area contributed by atoms with E-state index in [0.29, 0.717) is 6.54 Å². The molecule has 1 aromatic rings. The van der Waals surface area contributed by atoms with Gasteiger partial charge in [0.2, 0.25) is 0 Å². The smallest absolute Gasteiger partial charge is 0.392 e. The van der Waals surface area contributed by atoms with E-state index in [2.05, 4.69) is 9.97 Å². The molecule has 1 fully saturated rings. The van der Waals surface area contributed by atoms with Gasteiger partial charge in [0, 0.05) is 5.92 Å². The van der Waals surface area contributed by atoms with E-state index in [4.69, 9.17) is 15.2 Å². The van der Waals surface area contributed by atoms with Gasteiger partial charge in [-0.05, 0) is 25.8 Å². The summed E-state index contributed by atoms with van der Waals surface area (Å²) in [6, 6.07) is 0. The molecule has 0 amide bonds. The fourth-order valence-corrected chi connectivity index (χ4v) is 2.48. The number of hydrogen-bond acceptors (Lipinski definition) is 7. The van der Waals surface area contributed by atoms with Gasteiger partial charge in [0.15, 0.2) is 0 Å². The van der Waals surface area contributed by atoms with E-state index in [1.165, 1.54) is 13.4 Å². The average molecular weight is 282 g/mol. The monoisotopic (exact) mass is 282 g/mol. The minimum Gasteiger partial charge on any atom is -0.476 e. The third kappa shape index (κ3) is 2.96. The molecule has 8 nitrogen and oxygen atoms in total. The molecule has 1 aliphatic rings. The molecule has 0 spiro atoms. The summed E-state index contributed by atoms with van der Waals surface area (Å²) in [7, 11) is 1.32. The van der Waals surface area contributed by atoms with Gasteiger partial charge in [-0.15, -0.1) is 0 Å². The first kappa shape index (κ1) is 14.4. The van der Waals surface area contributed by atoms with Crippen molar-refractivity contribution in [3.63, 3.8) is 0 Å². The van der Waals surface area contributed by atoms with Gasteiger partial charge in [-0.1, -0.05) is 6.42 Å². The molecule has 0 radical (unpaired) electrons. The van der Waals surface area contributed by atoms with Crippen LogP contribution in [-0.2, 0) is 0 Å². The summed E-state index contributed by atoms with van der Waals surface area (Å²) in [5, 5.41) is 11.1. The van der Waals surface area contributed by atoms with E-state index >= 15 is 0 Å². The van der Waals surface area contributed by atoms with Crippen LogP contribution in [0.2, 0.25) is 0 Å². The molecule has 20 heavy (non-hydrogen) atoms. The SMILES string of the molecule is COc1ncnc(OC2CCCCC2CN)c1[N+](=O)[O-]. The largest absolute Gasteiger partial charge is 0.476 e. The van der Waals surface area contributed by atoms with E-state index in [0.717, 1.165) is 25.7 Å². The van der Waals surface area contributed by atoms with Crippen LogP contribution >= 0.6 is 0 Å². The van der Waals surface area contributed by atoms with Crippen molar-refractivity contribution in [3.05, 3.63) is 16.4 Å². The molecular weight excluding hydrogens is 264 g/mol. The standard InChI is InChI=1S/C12H18N4O4/c1-19-11-10(16(17)18)12(15-7-14-11)20-9-5-3-2-4-8(9)6-13/h7-9H,2-6,13H2,1H3. The summed E-state index contributed by atoms with van der Waals surface area (Å²) < 4.78 is 10.6. The van der Waals surface area contributed by atoms with Crippen LogP contribution in [0.3, 0.4) is 0 Å². The Bertz CT molecular complexity index is 483. The van der Waals surface area contributed by atoms with Crippen LogP contribution in [0.4, 0.5) is 5.69 Å². The molecular formula is C12H18N4O4. The fourth-order valence-electron chi connectivity index (χ4n) is 2.48. The Morgan fingerprint density at radius 3 is 2.75 bits per heavy atom. The first-order chi connectivity index (χ1) is 9.67. The molecule has 1 heterocycles. The third-order valence-electron chi connectivity index (χ3n) is 3.54. The lowest BCUT2D eigenvalue weighted by Crippen LogP contribution is -2.35. The van der Waals surface area contributed by atoms with Crippen molar-refractivity contribution in [3.8, 4) is 11.8 Å². The van der Waals surface area contributed by atoms with E-state index < -0.39 is 4.92 Å². The van der Waals surface area contributed by atoms with Gasteiger partial charge in [0.05, 0.1) is 12.0 Å². The summed E-state index contributed by atoms with van der Waals surface area (Å²) >= 11 is 0. The minimum absolute atomic E-state index is 0.0489. The van der Waals surface area contributed by atoms with Gasteiger partial charge in [-0.25, -0.2) is 0 Å². The van der Waals surface area contributed by atoms with Crippen LogP contribution < -0.4 is 15.2 Å². The van der Waals surface area contributed by atoms with Crippen LogP contribution in [0, 0.1) is 16.0 Å².